The summed E-state index contributed by atoms with van der Waals surface area (Å²) in [7, 11) is -13.1. The van der Waals surface area contributed by atoms with Gasteiger partial charge in [0.1, 0.15) is 30.5 Å². The monoisotopic (exact) mass is 909 g/mol. The van der Waals surface area contributed by atoms with Crippen molar-refractivity contribution in [2.45, 2.75) is 233 Å². The Labute approximate surface area is 359 Å². The van der Waals surface area contributed by atoms with Crippen LogP contribution in [-0.4, -0.2) is 80.4 Å². The zero-order valence-corrected chi connectivity index (χ0v) is 40.6. The zero-order chi connectivity index (χ0) is 43.7. The van der Waals surface area contributed by atoms with E-state index in [0.29, 0.717) is 38.5 Å². The van der Waals surface area contributed by atoms with Crippen molar-refractivity contribution in [3.8, 4) is 0 Å². The molecule has 1 rings (SSSR count). The lowest BCUT2D eigenvalue weighted by Gasteiger charge is -2.43. The van der Waals surface area contributed by atoms with Gasteiger partial charge >= 0.3 is 23.5 Å². The van der Waals surface area contributed by atoms with Gasteiger partial charge in [-0.3, -0.25) is 40.7 Å². The summed E-state index contributed by atoms with van der Waals surface area (Å²) < 4.78 is 96.4. The molecule has 354 valence electrons. The third-order valence-electron chi connectivity index (χ3n) is 10.2. The van der Waals surface area contributed by atoms with Crippen LogP contribution in [0.4, 0.5) is 0 Å². The number of aliphatic hydroxyl groups is 2. The topological polar surface area (TPSA) is 175 Å². The number of aliphatic hydroxyl groups excluding tert-OH is 2. The summed E-state index contributed by atoms with van der Waals surface area (Å²) in [5.74, 6) is 0. The van der Waals surface area contributed by atoms with Gasteiger partial charge in [0, 0.05) is 6.42 Å². The van der Waals surface area contributed by atoms with E-state index in [9.17, 15) is 23.9 Å². The molecule has 1 aliphatic rings. The number of rotatable bonds is 42. The zero-order valence-electron chi connectivity index (χ0n) is 37.9. The van der Waals surface area contributed by atoms with Crippen molar-refractivity contribution in [2.24, 2.45) is 0 Å². The highest BCUT2D eigenvalue weighted by Gasteiger charge is 2.53. The maximum absolute atomic E-state index is 14.5. The molecule has 5 atom stereocenters. The quantitative estimate of drug-likeness (QED) is 0.0437. The van der Waals surface area contributed by atoms with E-state index in [1.54, 1.807) is 0 Å². The Hall–Kier alpha value is 0.250. The Morgan fingerprint density at radius 3 is 0.881 bits per heavy atom. The minimum Gasteiger partial charge on any atom is -0.388 e. The van der Waals surface area contributed by atoms with Crippen LogP contribution < -0.4 is 0 Å². The summed E-state index contributed by atoms with van der Waals surface area (Å²) >= 11 is 0. The predicted molar refractivity (Wildman–Crippen MR) is 235 cm³/mol. The van der Waals surface area contributed by atoms with Gasteiger partial charge in [-0.1, -0.05) is 157 Å². The average Bonchev–Trinajstić information content (AvgIpc) is 3.21. The van der Waals surface area contributed by atoms with Crippen molar-refractivity contribution in [1.82, 2.24) is 0 Å². The highest BCUT2D eigenvalue weighted by molar-refractivity contribution is 7.49. The van der Waals surface area contributed by atoms with Crippen LogP contribution in [0.15, 0.2) is 0 Å². The molecule has 0 amide bonds. The van der Waals surface area contributed by atoms with Crippen LogP contribution in [0.25, 0.3) is 0 Å². The minimum atomic E-state index is -4.40. The molecule has 17 heteroatoms. The van der Waals surface area contributed by atoms with Crippen molar-refractivity contribution in [3.05, 3.63) is 0 Å². The molecule has 0 aromatic carbocycles. The van der Waals surface area contributed by atoms with Crippen LogP contribution in [0.2, 0.25) is 0 Å². The van der Waals surface area contributed by atoms with Gasteiger partial charge in [0.15, 0.2) is 0 Å². The first kappa shape index (κ1) is 57.3. The summed E-state index contributed by atoms with van der Waals surface area (Å²) in [6.07, 6.45) is 12.3. The Kier molecular flexibility index (Phi) is 34.5. The van der Waals surface area contributed by atoms with Crippen LogP contribution >= 0.6 is 23.5 Å². The molecule has 1 aliphatic carbocycles. The predicted octanol–water partition coefficient (Wildman–Crippen LogP) is 13.2. The highest BCUT2D eigenvalue weighted by Crippen LogP contribution is 2.58. The number of hydrogen-bond donors (Lipinski definition) is 2. The number of phosphoric ester groups is 3. The maximum Gasteiger partial charge on any atom is 0.475 e. The van der Waals surface area contributed by atoms with E-state index in [-0.39, 0.29) is 46.1 Å². The molecule has 1 fully saturated rings. The number of phosphoric acid groups is 3. The van der Waals surface area contributed by atoms with Crippen molar-refractivity contribution in [1.29, 1.82) is 0 Å². The lowest BCUT2D eigenvalue weighted by atomic mass is 9.87. The van der Waals surface area contributed by atoms with Gasteiger partial charge in [-0.25, -0.2) is 13.7 Å². The molecule has 0 saturated heterocycles. The molecule has 0 aromatic heterocycles. The van der Waals surface area contributed by atoms with E-state index < -0.39 is 54.0 Å². The molecule has 14 nitrogen and oxygen atoms in total. The Balaban J connectivity index is 3.56. The second kappa shape index (κ2) is 35.6. The van der Waals surface area contributed by atoms with Crippen LogP contribution in [0.3, 0.4) is 0 Å². The third-order valence-corrected chi connectivity index (χ3v) is 14.7. The fourth-order valence-electron chi connectivity index (χ4n) is 6.48. The second-order valence-corrected chi connectivity index (χ2v) is 20.6. The van der Waals surface area contributed by atoms with E-state index in [4.69, 9.17) is 40.7 Å². The first-order valence-electron chi connectivity index (χ1n) is 23.5. The van der Waals surface area contributed by atoms with Gasteiger partial charge in [-0.2, -0.15) is 0 Å². The van der Waals surface area contributed by atoms with Gasteiger partial charge in [0.05, 0.1) is 39.6 Å². The normalized spacial score (nSPS) is 20.4. The van der Waals surface area contributed by atoms with Gasteiger partial charge in [-0.15, -0.1) is 0 Å². The molecule has 0 aromatic rings. The van der Waals surface area contributed by atoms with Crippen molar-refractivity contribution in [2.75, 3.05) is 39.6 Å². The van der Waals surface area contributed by atoms with Crippen LogP contribution in [0, 0.1) is 0 Å². The van der Waals surface area contributed by atoms with Crippen LogP contribution in [0.5, 0.6) is 0 Å². The van der Waals surface area contributed by atoms with E-state index in [1.807, 2.05) is 0 Å². The van der Waals surface area contributed by atoms with Gasteiger partial charge in [0.25, 0.3) is 0 Å². The molecule has 0 heterocycles. The molecule has 2 N–H and O–H groups in total. The standard InChI is InChI=1S/C42H87O14P3/c1-7-13-19-25-31-48-57(45,49-32-26-20-14-8-2)54-38-37-39(55-58(46,50-33-27-21-15-9-3)51-34-28-22-16-10-4)42(41(44)40(38)43)56-59(47,52-35-29-23-17-11-5)53-36-30-24-18-12-6/h38-44H,7-37H2,1-6H3/t38-,39+,40-,41-,42-/m0/s1. The highest BCUT2D eigenvalue weighted by atomic mass is 31.2. The van der Waals surface area contributed by atoms with Gasteiger partial charge in [0.2, 0.25) is 0 Å². The van der Waals surface area contributed by atoms with Gasteiger partial charge < -0.3 is 10.2 Å². The maximum atomic E-state index is 14.5. The molecule has 0 unspecified atom stereocenters. The summed E-state index contributed by atoms with van der Waals surface area (Å²) in [4.78, 5) is 0. The Bertz CT molecular complexity index is 1080. The van der Waals surface area contributed by atoms with E-state index >= 15 is 0 Å². The van der Waals surface area contributed by atoms with E-state index in [0.717, 1.165) is 116 Å². The molecule has 0 aliphatic heterocycles. The number of hydrogen-bond acceptors (Lipinski definition) is 14. The molecular weight excluding hydrogens is 821 g/mol. The number of unbranched alkanes of at least 4 members (excludes halogenated alkanes) is 18. The molecule has 0 bridgehead atoms. The van der Waals surface area contributed by atoms with Crippen molar-refractivity contribution in [3.63, 3.8) is 0 Å². The SMILES string of the molecule is CCCCCCOP(=O)(OCCCCCC)O[C@@H]1[C@@H](O)[C@@H](O)[C@@H](OP(=O)(OCCCCCC)OCCCCCC)C[C@H]1OP(=O)(OCCCCCC)OCCCCCC. The molecule has 1 saturated carbocycles. The average molecular weight is 909 g/mol. The van der Waals surface area contributed by atoms with Crippen LogP contribution in [-0.2, 0) is 54.4 Å². The summed E-state index contributed by atoms with van der Waals surface area (Å²) in [5.41, 5.74) is 0. The smallest absolute Gasteiger partial charge is 0.388 e. The van der Waals surface area contributed by atoms with E-state index in [2.05, 4.69) is 41.5 Å². The largest absolute Gasteiger partial charge is 0.475 e. The lowest BCUT2D eigenvalue weighted by Crippen LogP contribution is -2.57. The van der Waals surface area contributed by atoms with Crippen molar-refractivity contribution >= 4 is 23.5 Å². The first-order valence-corrected chi connectivity index (χ1v) is 27.9. The Morgan fingerprint density at radius 2 is 0.610 bits per heavy atom. The summed E-state index contributed by atoms with van der Waals surface area (Å²) in [6, 6.07) is 0. The molecule has 0 spiro atoms. The summed E-state index contributed by atoms with van der Waals surface area (Å²) in [6.45, 7) is 13.0. The Morgan fingerprint density at radius 1 is 0.356 bits per heavy atom. The fourth-order valence-corrected chi connectivity index (χ4v) is 10.8. The molecule has 59 heavy (non-hydrogen) atoms. The fraction of sp³-hybridized carbons (Fsp3) is 1.00. The second-order valence-electron chi connectivity index (χ2n) is 15.8. The lowest BCUT2D eigenvalue weighted by molar-refractivity contribution is -0.170. The first-order chi connectivity index (χ1) is 28.5. The van der Waals surface area contributed by atoms with Gasteiger partial charge in [-0.05, 0) is 38.5 Å². The molecule has 0 radical (unpaired) electrons. The van der Waals surface area contributed by atoms with Crippen LogP contribution in [0.1, 0.15) is 202 Å². The summed E-state index contributed by atoms with van der Waals surface area (Å²) in [5, 5.41) is 23.4. The minimum absolute atomic E-state index is 0.0729. The third kappa shape index (κ3) is 26.6. The van der Waals surface area contributed by atoms with E-state index in [1.165, 1.54) is 0 Å². The molecular formula is C42H87O14P3. The van der Waals surface area contributed by atoms with Crippen molar-refractivity contribution < 1.29 is 64.6 Å².